The van der Waals surface area contributed by atoms with Gasteiger partial charge in [0.25, 0.3) is 11.5 Å². The van der Waals surface area contributed by atoms with Crippen molar-refractivity contribution in [3.8, 4) is 5.75 Å². The Kier molecular flexibility index (Phi) is 7.36. The zero-order chi connectivity index (χ0) is 24.1. The second-order valence-electron chi connectivity index (χ2n) is 7.24. The standard InChI is InChI=1S/C22H23FN4O6/c1-27-16-8-12(7-13-3-4-14(23)9-15(13)26-17(29)11-33-2)10-25-19(16)20(30)18(22(27)32)21(31)24-5-6-28/h3-4,8-10,28,30H,5-7,11H2,1-2H3,(H,24,31)(H,26,29). The second kappa shape index (κ2) is 10.2. The number of nitrogens with one attached hydrogen (secondary N) is 2. The van der Waals surface area contributed by atoms with Crippen molar-refractivity contribution in [3.05, 3.63) is 63.3 Å². The van der Waals surface area contributed by atoms with Gasteiger partial charge >= 0.3 is 0 Å². The van der Waals surface area contributed by atoms with Gasteiger partial charge < -0.3 is 30.2 Å². The molecule has 3 aromatic rings. The third kappa shape index (κ3) is 5.16. The van der Waals surface area contributed by atoms with Gasteiger partial charge in [0.1, 0.15) is 23.5 Å². The van der Waals surface area contributed by atoms with Crippen LogP contribution in [-0.4, -0.2) is 58.4 Å². The Bertz CT molecular complexity index is 1270. The number of aromatic hydroxyl groups is 1. The van der Waals surface area contributed by atoms with E-state index < -0.39 is 34.5 Å². The van der Waals surface area contributed by atoms with Gasteiger partial charge in [-0.3, -0.25) is 19.4 Å². The summed E-state index contributed by atoms with van der Waals surface area (Å²) >= 11 is 0. The number of methoxy groups -OCH3 is 1. The van der Waals surface area contributed by atoms with Gasteiger partial charge in [-0.15, -0.1) is 0 Å². The molecule has 0 fully saturated rings. The summed E-state index contributed by atoms with van der Waals surface area (Å²) in [4.78, 5) is 41.1. The first-order valence-corrected chi connectivity index (χ1v) is 9.93. The van der Waals surface area contributed by atoms with Crippen molar-refractivity contribution < 1.29 is 28.9 Å². The van der Waals surface area contributed by atoms with E-state index in [1.807, 2.05) is 0 Å². The molecular weight excluding hydrogens is 435 g/mol. The summed E-state index contributed by atoms with van der Waals surface area (Å²) in [6.07, 6.45) is 1.69. The summed E-state index contributed by atoms with van der Waals surface area (Å²) in [6.45, 7) is -0.588. The first-order chi connectivity index (χ1) is 15.8. The molecule has 1 aromatic carbocycles. The fraction of sp³-hybridized carbons (Fsp3) is 0.273. The summed E-state index contributed by atoms with van der Waals surface area (Å²) in [7, 11) is 2.81. The van der Waals surface area contributed by atoms with E-state index in [1.54, 1.807) is 6.07 Å². The van der Waals surface area contributed by atoms with Crippen LogP contribution in [0.4, 0.5) is 10.1 Å². The molecule has 0 unspecified atom stereocenters. The van der Waals surface area contributed by atoms with Crippen LogP contribution in [0, 0.1) is 5.82 Å². The predicted octanol–water partition coefficient (Wildman–Crippen LogP) is 0.676. The van der Waals surface area contributed by atoms with Crippen LogP contribution in [0.15, 0.2) is 35.3 Å². The van der Waals surface area contributed by atoms with Crippen LogP contribution in [0.5, 0.6) is 5.75 Å². The Morgan fingerprint density at radius 2 is 2.03 bits per heavy atom. The summed E-state index contributed by atoms with van der Waals surface area (Å²) in [5.41, 5.74) is 0.594. The maximum Gasteiger partial charge on any atom is 0.267 e. The minimum Gasteiger partial charge on any atom is -0.505 e. The number of aliphatic hydroxyl groups excluding tert-OH is 1. The van der Waals surface area contributed by atoms with Gasteiger partial charge in [-0.2, -0.15) is 0 Å². The second-order valence-corrected chi connectivity index (χ2v) is 7.24. The van der Waals surface area contributed by atoms with Gasteiger partial charge in [-0.1, -0.05) is 6.07 Å². The Labute approximate surface area is 187 Å². The van der Waals surface area contributed by atoms with Crippen molar-refractivity contribution in [2.75, 3.05) is 32.2 Å². The van der Waals surface area contributed by atoms with Crippen LogP contribution in [-0.2, 0) is 23.0 Å². The van der Waals surface area contributed by atoms with Crippen molar-refractivity contribution in [3.63, 3.8) is 0 Å². The van der Waals surface area contributed by atoms with Crippen LogP contribution in [0.1, 0.15) is 21.5 Å². The molecule has 2 heterocycles. The van der Waals surface area contributed by atoms with Gasteiger partial charge in [0.15, 0.2) is 5.75 Å². The molecule has 0 spiro atoms. The van der Waals surface area contributed by atoms with Crippen molar-refractivity contribution in [2.24, 2.45) is 7.05 Å². The van der Waals surface area contributed by atoms with E-state index in [0.29, 0.717) is 11.1 Å². The number of fused-ring (bicyclic) bond motifs is 1. The van der Waals surface area contributed by atoms with Crippen molar-refractivity contribution in [1.82, 2.24) is 14.9 Å². The van der Waals surface area contributed by atoms with Gasteiger partial charge in [-0.05, 0) is 29.3 Å². The number of aliphatic hydroxyl groups is 1. The highest BCUT2D eigenvalue weighted by atomic mass is 19.1. The number of carbonyl (C=O) groups is 2. The van der Waals surface area contributed by atoms with Crippen LogP contribution in [0.2, 0.25) is 0 Å². The predicted molar refractivity (Wildman–Crippen MR) is 118 cm³/mol. The highest BCUT2D eigenvalue weighted by molar-refractivity contribution is 6.01. The average Bonchev–Trinajstić information content (AvgIpc) is 2.78. The molecule has 10 nitrogen and oxygen atoms in total. The summed E-state index contributed by atoms with van der Waals surface area (Å²) in [5, 5.41) is 24.3. The quantitative estimate of drug-likeness (QED) is 0.389. The fourth-order valence-electron chi connectivity index (χ4n) is 3.35. The molecule has 0 aliphatic heterocycles. The Balaban J connectivity index is 2.01. The van der Waals surface area contributed by atoms with E-state index in [9.17, 15) is 23.9 Å². The third-order valence-electron chi connectivity index (χ3n) is 4.91. The maximum absolute atomic E-state index is 13.7. The molecule has 3 rings (SSSR count). The average molecular weight is 458 g/mol. The maximum atomic E-state index is 13.7. The Morgan fingerprint density at radius 3 is 2.73 bits per heavy atom. The lowest BCUT2D eigenvalue weighted by Crippen LogP contribution is -2.34. The van der Waals surface area contributed by atoms with E-state index in [0.717, 1.165) is 0 Å². The molecule has 174 valence electrons. The molecular formula is C22H23FN4O6. The Morgan fingerprint density at radius 1 is 1.27 bits per heavy atom. The number of carbonyl (C=O) groups excluding carboxylic acids is 2. The highest BCUT2D eigenvalue weighted by Crippen LogP contribution is 2.27. The number of halogens is 1. The number of ether oxygens (including phenoxy) is 1. The smallest absolute Gasteiger partial charge is 0.267 e. The number of nitrogens with zero attached hydrogens (tertiary/aromatic N) is 2. The number of aromatic nitrogens is 2. The number of benzene rings is 1. The molecule has 0 saturated carbocycles. The number of anilines is 1. The lowest BCUT2D eigenvalue weighted by molar-refractivity contribution is -0.119. The summed E-state index contributed by atoms with van der Waals surface area (Å²) in [6, 6.07) is 5.58. The minimum absolute atomic E-state index is 0.0442. The van der Waals surface area contributed by atoms with E-state index in [-0.39, 0.29) is 42.9 Å². The first kappa shape index (κ1) is 23.8. The van der Waals surface area contributed by atoms with Crippen LogP contribution < -0.4 is 16.2 Å². The summed E-state index contributed by atoms with van der Waals surface area (Å²) < 4.78 is 19.7. The first-order valence-electron chi connectivity index (χ1n) is 9.93. The molecule has 0 radical (unpaired) electrons. The van der Waals surface area contributed by atoms with E-state index in [4.69, 9.17) is 9.84 Å². The Hall–Kier alpha value is -3.83. The highest BCUT2D eigenvalue weighted by Gasteiger charge is 2.22. The van der Waals surface area contributed by atoms with Gasteiger partial charge in [0, 0.05) is 39.0 Å². The molecule has 11 heteroatoms. The van der Waals surface area contributed by atoms with Crippen molar-refractivity contribution in [1.29, 1.82) is 0 Å². The van der Waals surface area contributed by atoms with Crippen LogP contribution in [0.3, 0.4) is 0 Å². The largest absolute Gasteiger partial charge is 0.505 e. The normalized spacial score (nSPS) is 10.9. The number of amides is 2. The fourth-order valence-corrected chi connectivity index (χ4v) is 3.35. The molecule has 0 atom stereocenters. The molecule has 0 aliphatic rings. The molecule has 0 saturated heterocycles. The summed E-state index contributed by atoms with van der Waals surface area (Å²) in [5.74, 6) is -2.36. The molecule has 4 N–H and O–H groups in total. The molecule has 2 aromatic heterocycles. The van der Waals surface area contributed by atoms with Crippen LogP contribution >= 0.6 is 0 Å². The molecule has 0 bridgehead atoms. The number of pyridine rings is 2. The van der Waals surface area contributed by atoms with E-state index >= 15 is 0 Å². The van der Waals surface area contributed by atoms with Gasteiger partial charge in [0.05, 0.1) is 12.1 Å². The number of hydrogen-bond donors (Lipinski definition) is 4. The minimum atomic E-state index is -0.822. The molecule has 2 amide bonds. The molecule has 0 aliphatic carbocycles. The van der Waals surface area contributed by atoms with Crippen LogP contribution in [0.25, 0.3) is 11.0 Å². The SMILES string of the molecule is COCC(=O)Nc1cc(F)ccc1Cc1cnc2c(O)c(C(=O)NCCO)c(=O)n(C)c2c1. The lowest BCUT2D eigenvalue weighted by atomic mass is 10.0. The van der Waals surface area contributed by atoms with Crippen molar-refractivity contribution >= 4 is 28.5 Å². The van der Waals surface area contributed by atoms with Crippen molar-refractivity contribution in [2.45, 2.75) is 6.42 Å². The van der Waals surface area contributed by atoms with Gasteiger partial charge in [0.2, 0.25) is 5.91 Å². The number of rotatable bonds is 8. The monoisotopic (exact) mass is 458 g/mol. The lowest BCUT2D eigenvalue weighted by Gasteiger charge is -2.14. The topological polar surface area (TPSA) is 143 Å². The zero-order valence-electron chi connectivity index (χ0n) is 18.0. The zero-order valence-corrected chi connectivity index (χ0v) is 18.0. The van der Waals surface area contributed by atoms with E-state index in [2.05, 4.69) is 15.6 Å². The van der Waals surface area contributed by atoms with E-state index in [1.165, 1.54) is 43.1 Å². The number of aryl methyl sites for hydroxylation is 1. The third-order valence-corrected chi connectivity index (χ3v) is 4.91. The van der Waals surface area contributed by atoms with Gasteiger partial charge in [-0.25, -0.2) is 4.39 Å². The molecule has 33 heavy (non-hydrogen) atoms. The number of hydrogen-bond acceptors (Lipinski definition) is 7.